The number of aromatic amines is 1. The molecule has 2 aromatic heterocycles. The van der Waals surface area contributed by atoms with Gasteiger partial charge in [-0.05, 0) is 22.0 Å². The number of nitrogens with zero attached hydrogens (tertiary/aromatic N) is 2. The van der Waals surface area contributed by atoms with Gasteiger partial charge in [0.25, 0.3) is 5.91 Å². The number of halogens is 1. The molecule has 7 nitrogen and oxygen atoms in total. The number of aromatic nitrogens is 3. The molecular formula is C10H7BrN4O3. The van der Waals surface area contributed by atoms with Crippen LogP contribution in [0.5, 0.6) is 0 Å². The van der Waals surface area contributed by atoms with E-state index in [2.05, 4.69) is 36.2 Å². The number of nitrogens with one attached hydrogen (secondary N) is 2. The van der Waals surface area contributed by atoms with Crippen molar-refractivity contribution >= 4 is 33.5 Å². The molecule has 18 heavy (non-hydrogen) atoms. The zero-order chi connectivity index (χ0) is 13.1. The number of imidazole rings is 1. The maximum atomic E-state index is 11.9. The third-order valence-electron chi connectivity index (χ3n) is 2.09. The number of hydrogen-bond donors (Lipinski definition) is 3. The number of carbonyl (C=O) groups excluding carboxylic acids is 1. The highest BCUT2D eigenvalue weighted by Crippen LogP contribution is 2.20. The van der Waals surface area contributed by atoms with Crippen LogP contribution >= 0.6 is 15.9 Å². The summed E-state index contributed by atoms with van der Waals surface area (Å²) >= 11 is 3.21. The maximum Gasteiger partial charge on any atom is 0.354 e. The Labute approximate surface area is 109 Å². The molecule has 2 aromatic rings. The van der Waals surface area contributed by atoms with Gasteiger partial charge in [-0.3, -0.25) is 9.78 Å². The first kappa shape index (κ1) is 12.2. The van der Waals surface area contributed by atoms with Gasteiger partial charge in [-0.1, -0.05) is 0 Å². The minimum Gasteiger partial charge on any atom is -0.477 e. The fourth-order valence-electron chi connectivity index (χ4n) is 1.29. The molecule has 0 aliphatic rings. The molecule has 0 aromatic carbocycles. The second-order valence-electron chi connectivity index (χ2n) is 3.24. The fourth-order valence-corrected chi connectivity index (χ4v) is 1.64. The molecule has 0 aliphatic carbocycles. The van der Waals surface area contributed by atoms with Crippen molar-refractivity contribution in [2.75, 3.05) is 5.32 Å². The van der Waals surface area contributed by atoms with E-state index in [1.54, 1.807) is 6.07 Å². The minimum atomic E-state index is -1.24. The number of aromatic carboxylic acids is 1. The van der Waals surface area contributed by atoms with E-state index < -0.39 is 11.9 Å². The normalized spacial score (nSPS) is 10.1. The zero-order valence-electron chi connectivity index (χ0n) is 8.85. The predicted octanol–water partition coefficient (Wildman–Crippen LogP) is 1.52. The monoisotopic (exact) mass is 310 g/mol. The van der Waals surface area contributed by atoms with Crippen LogP contribution in [0, 0.1) is 0 Å². The SMILES string of the molecule is O=C(Nc1ccncc1Br)c1nc[nH]c1C(=O)O. The number of carboxylic acid groups (broad SMARTS) is 1. The number of hydrogen-bond acceptors (Lipinski definition) is 4. The Balaban J connectivity index is 2.25. The van der Waals surface area contributed by atoms with E-state index in [4.69, 9.17) is 5.11 Å². The smallest absolute Gasteiger partial charge is 0.354 e. The summed E-state index contributed by atoms with van der Waals surface area (Å²) in [7, 11) is 0. The number of carbonyl (C=O) groups is 2. The molecular weight excluding hydrogens is 304 g/mol. The summed E-state index contributed by atoms with van der Waals surface area (Å²) in [6.07, 6.45) is 4.17. The van der Waals surface area contributed by atoms with Crippen LogP contribution in [-0.2, 0) is 0 Å². The molecule has 2 rings (SSSR count). The lowest BCUT2D eigenvalue weighted by Gasteiger charge is -2.05. The lowest BCUT2D eigenvalue weighted by molar-refractivity contribution is 0.0686. The van der Waals surface area contributed by atoms with E-state index >= 15 is 0 Å². The second kappa shape index (κ2) is 4.96. The van der Waals surface area contributed by atoms with Gasteiger partial charge < -0.3 is 15.4 Å². The third kappa shape index (κ3) is 2.38. The van der Waals surface area contributed by atoms with Gasteiger partial charge >= 0.3 is 5.97 Å². The van der Waals surface area contributed by atoms with Crippen LogP contribution in [0.3, 0.4) is 0 Å². The van der Waals surface area contributed by atoms with Gasteiger partial charge in [0.1, 0.15) is 0 Å². The quantitative estimate of drug-likeness (QED) is 0.796. The van der Waals surface area contributed by atoms with Crippen LogP contribution in [0.25, 0.3) is 0 Å². The van der Waals surface area contributed by atoms with Crippen molar-refractivity contribution in [1.82, 2.24) is 15.0 Å². The van der Waals surface area contributed by atoms with Gasteiger partial charge in [-0.2, -0.15) is 0 Å². The Hall–Kier alpha value is -2.22. The molecule has 0 aliphatic heterocycles. The number of H-pyrrole nitrogens is 1. The largest absolute Gasteiger partial charge is 0.477 e. The molecule has 0 fully saturated rings. The predicted molar refractivity (Wildman–Crippen MR) is 65.4 cm³/mol. The van der Waals surface area contributed by atoms with Gasteiger partial charge in [0.05, 0.1) is 16.5 Å². The van der Waals surface area contributed by atoms with Gasteiger partial charge in [-0.25, -0.2) is 9.78 Å². The third-order valence-corrected chi connectivity index (χ3v) is 2.72. The average molecular weight is 311 g/mol. The lowest BCUT2D eigenvalue weighted by Crippen LogP contribution is -2.16. The summed E-state index contributed by atoms with van der Waals surface area (Å²) in [5, 5.41) is 11.4. The molecule has 0 bridgehead atoms. The Morgan fingerprint density at radius 3 is 2.89 bits per heavy atom. The molecule has 3 N–H and O–H groups in total. The van der Waals surface area contributed by atoms with Gasteiger partial charge in [0, 0.05) is 12.4 Å². The van der Waals surface area contributed by atoms with E-state index in [0.717, 1.165) is 6.33 Å². The molecule has 0 saturated carbocycles. The molecule has 0 unspecified atom stereocenters. The van der Waals surface area contributed by atoms with E-state index in [1.807, 2.05) is 0 Å². The number of carboxylic acids is 1. The first-order valence-corrected chi connectivity index (χ1v) is 5.56. The molecule has 92 valence electrons. The van der Waals surface area contributed by atoms with E-state index in [0.29, 0.717) is 10.2 Å². The van der Waals surface area contributed by atoms with Crippen molar-refractivity contribution in [2.45, 2.75) is 0 Å². The highest BCUT2D eigenvalue weighted by Gasteiger charge is 2.20. The first-order valence-electron chi connectivity index (χ1n) is 4.77. The number of pyridine rings is 1. The highest BCUT2D eigenvalue weighted by atomic mass is 79.9. The standard InChI is InChI=1S/C10H7BrN4O3/c11-5-3-12-2-1-6(5)15-9(16)7-8(10(17)18)14-4-13-7/h1-4H,(H,13,14)(H,17,18)(H,12,15,16). The average Bonchev–Trinajstić information content (AvgIpc) is 2.81. The summed E-state index contributed by atoms with van der Waals surface area (Å²) in [6.45, 7) is 0. The van der Waals surface area contributed by atoms with Crippen LogP contribution in [0.2, 0.25) is 0 Å². The summed E-state index contributed by atoms with van der Waals surface area (Å²) in [4.78, 5) is 32.6. The molecule has 2 heterocycles. The van der Waals surface area contributed by atoms with Crippen molar-refractivity contribution < 1.29 is 14.7 Å². The van der Waals surface area contributed by atoms with E-state index in [9.17, 15) is 9.59 Å². The molecule has 1 amide bonds. The van der Waals surface area contributed by atoms with Gasteiger partial charge in [0.2, 0.25) is 0 Å². The number of amides is 1. The summed E-state index contributed by atoms with van der Waals surface area (Å²) in [5.74, 6) is -1.85. The van der Waals surface area contributed by atoms with Crippen LogP contribution < -0.4 is 5.32 Å². The van der Waals surface area contributed by atoms with Crippen molar-refractivity contribution in [2.24, 2.45) is 0 Å². The van der Waals surface area contributed by atoms with Crippen molar-refractivity contribution in [3.63, 3.8) is 0 Å². The molecule has 0 spiro atoms. The lowest BCUT2D eigenvalue weighted by atomic mass is 10.3. The summed E-state index contributed by atoms with van der Waals surface area (Å²) < 4.78 is 0.589. The van der Waals surface area contributed by atoms with E-state index in [-0.39, 0.29) is 11.4 Å². The van der Waals surface area contributed by atoms with Crippen molar-refractivity contribution in [1.29, 1.82) is 0 Å². The molecule has 0 atom stereocenters. The van der Waals surface area contributed by atoms with Gasteiger partial charge in [-0.15, -0.1) is 0 Å². The molecule has 0 radical (unpaired) electrons. The minimum absolute atomic E-state index is 0.175. The number of rotatable bonds is 3. The Bertz CT molecular complexity index is 611. The van der Waals surface area contributed by atoms with Crippen LogP contribution in [-0.4, -0.2) is 31.9 Å². The second-order valence-corrected chi connectivity index (χ2v) is 4.10. The van der Waals surface area contributed by atoms with Gasteiger partial charge in [0.15, 0.2) is 11.4 Å². The van der Waals surface area contributed by atoms with Crippen molar-refractivity contribution in [3.05, 3.63) is 40.6 Å². The fraction of sp³-hybridized carbons (Fsp3) is 0. The number of anilines is 1. The summed E-state index contributed by atoms with van der Waals surface area (Å²) in [5.41, 5.74) is 0.0539. The van der Waals surface area contributed by atoms with Crippen LogP contribution in [0.4, 0.5) is 5.69 Å². The van der Waals surface area contributed by atoms with Crippen LogP contribution in [0.1, 0.15) is 21.0 Å². The van der Waals surface area contributed by atoms with E-state index in [1.165, 1.54) is 12.4 Å². The summed E-state index contributed by atoms with van der Waals surface area (Å²) in [6, 6.07) is 1.58. The Morgan fingerprint density at radius 2 is 2.22 bits per heavy atom. The van der Waals surface area contributed by atoms with Crippen molar-refractivity contribution in [3.8, 4) is 0 Å². The highest BCUT2D eigenvalue weighted by molar-refractivity contribution is 9.10. The zero-order valence-corrected chi connectivity index (χ0v) is 10.4. The maximum absolute atomic E-state index is 11.9. The molecule has 8 heteroatoms. The first-order chi connectivity index (χ1) is 8.59. The van der Waals surface area contributed by atoms with Crippen LogP contribution in [0.15, 0.2) is 29.3 Å². The molecule has 0 saturated heterocycles. The Kier molecular flexibility index (Phi) is 3.38. The Morgan fingerprint density at radius 1 is 1.44 bits per heavy atom. The topological polar surface area (TPSA) is 108 Å².